The number of rotatable bonds is 5. The number of nitrogens with zero attached hydrogens (tertiary/aromatic N) is 2. The Labute approximate surface area is 321 Å². The van der Waals surface area contributed by atoms with Crippen molar-refractivity contribution in [2.45, 2.75) is 0 Å². The Hall–Kier alpha value is -7.56. The molecule has 0 amide bonds. The normalized spacial score (nSPS) is 11.9. The molecule has 4 heteroatoms. The van der Waals surface area contributed by atoms with E-state index >= 15 is 0 Å². The molecule has 0 saturated heterocycles. The van der Waals surface area contributed by atoms with Gasteiger partial charge >= 0.3 is 0 Å². The van der Waals surface area contributed by atoms with E-state index in [-0.39, 0.29) is 0 Å². The van der Waals surface area contributed by atoms with Crippen molar-refractivity contribution in [1.82, 2.24) is 4.57 Å². The molecule has 0 N–H and O–H groups in total. The van der Waals surface area contributed by atoms with Crippen molar-refractivity contribution in [2.75, 3.05) is 4.90 Å². The second-order valence-electron chi connectivity index (χ2n) is 14.4. The zero-order valence-corrected chi connectivity index (χ0v) is 30.2. The number of benzene rings is 9. The third-order valence-electron chi connectivity index (χ3n) is 11.4. The van der Waals surface area contributed by atoms with Gasteiger partial charge in [0.05, 0.1) is 33.5 Å². The van der Waals surface area contributed by atoms with Gasteiger partial charge in [-0.1, -0.05) is 127 Å². The predicted molar refractivity (Wildman–Crippen MR) is 233 cm³/mol. The van der Waals surface area contributed by atoms with Crippen molar-refractivity contribution in [1.29, 1.82) is 0 Å². The molecular weight excluding hydrogens is 685 g/mol. The van der Waals surface area contributed by atoms with Crippen LogP contribution >= 0.6 is 0 Å². The van der Waals surface area contributed by atoms with Crippen LogP contribution < -0.4 is 4.90 Å². The molecule has 56 heavy (non-hydrogen) atoms. The molecule has 0 radical (unpaired) electrons. The van der Waals surface area contributed by atoms with Crippen molar-refractivity contribution in [3.8, 4) is 16.8 Å². The fraction of sp³-hybridized carbons (Fsp3) is 0. The summed E-state index contributed by atoms with van der Waals surface area (Å²) in [7, 11) is 0. The number of para-hydroxylation sites is 5. The third kappa shape index (κ3) is 4.47. The van der Waals surface area contributed by atoms with Gasteiger partial charge in [0.15, 0.2) is 0 Å². The van der Waals surface area contributed by atoms with Gasteiger partial charge in [0.2, 0.25) is 0 Å². The maximum atomic E-state index is 6.78. The Bertz CT molecular complexity index is 3460. The Kier molecular flexibility index (Phi) is 6.60. The van der Waals surface area contributed by atoms with E-state index in [4.69, 9.17) is 8.83 Å². The summed E-state index contributed by atoms with van der Waals surface area (Å²) in [4.78, 5) is 2.42. The zero-order chi connectivity index (χ0) is 36.7. The van der Waals surface area contributed by atoms with E-state index in [0.717, 1.165) is 99.6 Å². The Morgan fingerprint density at radius 1 is 0.393 bits per heavy atom. The lowest BCUT2D eigenvalue weighted by Gasteiger charge is -2.29. The Morgan fingerprint density at radius 3 is 1.86 bits per heavy atom. The highest BCUT2D eigenvalue weighted by Gasteiger charge is 2.25. The highest BCUT2D eigenvalue weighted by atomic mass is 16.3. The van der Waals surface area contributed by atoms with Crippen molar-refractivity contribution in [2.24, 2.45) is 0 Å². The SMILES string of the molecule is c1cc(-c2cccc3oc4ccccc4c23)cc(N(c2ccccc2-n2c3ccccc3c3ccccc32)c2cccc3oc4c5ccccc5ccc4c23)c1. The first-order valence-electron chi connectivity index (χ1n) is 19.0. The number of fused-ring (bicyclic) bond motifs is 11. The highest BCUT2D eigenvalue weighted by Crippen LogP contribution is 2.48. The molecule has 0 unspecified atom stereocenters. The average Bonchev–Trinajstić information content (AvgIpc) is 3.94. The predicted octanol–water partition coefficient (Wildman–Crippen LogP) is 14.9. The van der Waals surface area contributed by atoms with Crippen LogP contribution in [0, 0.1) is 0 Å². The summed E-state index contributed by atoms with van der Waals surface area (Å²) in [5.41, 5.74) is 12.3. The van der Waals surface area contributed by atoms with E-state index in [1.807, 2.05) is 12.1 Å². The van der Waals surface area contributed by atoms with Crippen LogP contribution in [0.25, 0.3) is 93.3 Å². The molecule has 0 saturated carbocycles. The van der Waals surface area contributed by atoms with Gasteiger partial charge in [0.25, 0.3) is 0 Å². The minimum Gasteiger partial charge on any atom is -0.456 e. The maximum Gasteiger partial charge on any atom is 0.143 e. The second kappa shape index (κ2) is 12.0. The monoisotopic (exact) mass is 716 g/mol. The zero-order valence-electron chi connectivity index (χ0n) is 30.2. The molecule has 0 aliphatic heterocycles. The molecule has 0 atom stereocenters. The molecule has 4 nitrogen and oxygen atoms in total. The van der Waals surface area contributed by atoms with Crippen LogP contribution in [-0.2, 0) is 0 Å². The summed E-state index contributed by atoms with van der Waals surface area (Å²) < 4.78 is 15.5. The first kappa shape index (κ1) is 30.9. The van der Waals surface area contributed by atoms with Crippen LogP contribution in [0.4, 0.5) is 17.1 Å². The topological polar surface area (TPSA) is 34.5 Å². The summed E-state index contributed by atoms with van der Waals surface area (Å²) in [5, 5.41) is 9.09. The maximum absolute atomic E-state index is 6.78. The first-order chi connectivity index (χ1) is 27.8. The minimum atomic E-state index is 0.846. The van der Waals surface area contributed by atoms with Gasteiger partial charge in [-0.3, -0.25) is 0 Å². The van der Waals surface area contributed by atoms with E-state index in [2.05, 4.69) is 191 Å². The number of aromatic nitrogens is 1. The van der Waals surface area contributed by atoms with E-state index in [9.17, 15) is 0 Å². The fourth-order valence-corrected chi connectivity index (χ4v) is 8.98. The number of anilines is 3. The first-order valence-corrected chi connectivity index (χ1v) is 19.0. The van der Waals surface area contributed by atoms with Crippen LogP contribution in [0.3, 0.4) is 0 Å². The minimum absolute atomic E-state index is 0.846. The van der Waals surface area contributed by atoms with Gasteiger partial charge in [-0.25, -0.2) is 0 Å². The Balaban J connectivity index is 1.17. The van der Waals surface area contributed by atoms with E-state index in [0.29, 0.717) is 0 Å². The quantitative estimate of drug-likeness (QED) is 0.178. The smallest absolute Gasteiger partial charge is 0.143 e. The molecule has 0 aliphatic carbocycles. The van der Waals surface area contributed by atoms with Crippen LogP contribution in [0.15, 0.2) is 203 Å². The largest absolute Gasteiger partial charge is 0.456 e. The van der Waals surface area contributed by atoms with Crippen LogP contribution in [0.2, 0.25) is 0 Å². The molecule has 0 spiro atoms. The van der Waals surface area contributed by atoms with E-state index < -0.39 is 0 Å². The third-order valence-corrected chi connectivity index (χ3v) is 11.4. The lowest BCUT2D eigenvalue weighted by Crippen LogP contribution is -2.13. The highest BCUT2D eigenvalue weighted by molar-refractivity contribution is 6.20. The molecule has 9 aromatic carbocycles. The van der Waals surface area contributed by atoms with Crippen molar-refractivity contribution in [3.63, 3.8) is 0 Å². The van der Waals surface area contributed by atoms with E-state index in [1.54, 1.807) is 0 Å². The van der Waals surface area contributed by atoms with Crippen molar-refractivity contribution >= 4 is 93.5 Å². The standard InChI is InChI=1S/C52H32N2O2/c1-2-17-37-33(14-1)30-31-41-51-46(26-13-29-49(51)56-52(37)41)53(35-16-11-15-34(32-35)36-21-12-28-48-50(36)40-20-5-10-27-47(40)55-48)44-24-8-9-25-45(44)54-42-22-6-3-18-38(42)39-19-4-7-23-43(39)54/h1-32H. The number of hydrogen-bond donors (Lipinski definition) is 0. The lowest BCUT2D eigenvalue weighted by atomic mass is 9.98. The summed E-state index contributed by atoms with van der Waals surface area (Å²) >= 11 is 0. The van der Waals surface area contributed by atoms with Gasteiger partial charge in [0.1, 0.15) is 22.3 Å². The van der Waals surface area contributed by atoms with Crippen molar-refractivity contribution < 1.29 is 8.83 Å². The van der Waals surface area contributed by atoms with Crippen LogP contribution in [-0.4, -0.2) is 4.57 Å². The Morgan fingerprint density at radius 2 is 1.02 bits per heavy atom. The lowest BCUT2D eigenvalue weighted by molar-refractivity contribution is 0.669. The molecule has 0 aliphatic rings. The summed E-state index contributed by atoms with van der Waals surface area (Å²) in [6.45, 7) is 0. The summed E-state index contributed by atoms with van der Waals surface area (Å²) in [6.07, 6.45) is 0. The molecule has 262 valence electrons. The molecule has 3 aromatic heterocycles. The van der Waals surface area contributed by atoms with Crippen LogP contribution in [0.1, 0.15) is 0 Å². The molecule has 0 bridgehead atoms. The molecule has 12 aromatic rings. The molecule has 12 rings (SSSR count). The summed E-state index contributed by atoms with van der Waals surface area (Å²) in [6, 6.07) is 69.0. The molecular formula is C52H32N2O2. The fourth-order valence-electron chi connectivity index (χ4n) is 8.98. The second-order valence-corrected chi connectivity index (χ2v) is 14.4. The number of furan rings is 2. The summed E-state index contributed by atoms with van der Waals surface area (Å²) in [5.74, 6) is 0. The van der Waals surface area contributed by atoms with Crippen molar-refractivity contribution in [3.05, 3.63) is 194 Å². The van der Waals surface area contributed by atoms with Gasteiger partial charge in [0, 0.05) is 38.0 Å². The van der Waals surface area contributed by atoms with Crippen LogP contribution in [0.5, 0.6) is 0 Å². The van der Waals surface area contributed by atoms with Gasteiger partial charge < -0.3 is 18.3 Å². The molecule has 0 fully saturated rings. The van der Waals surface area contributed by atoms with Gasteiger partial charge in [-0.05, 0) is 83.2 Å². The van der Waals surface area contributed by atoms with Gasteiger partial charge in [-0.2, -0.15) is 0 Å². The van der Waals surface area contributed by atoms with Gasteiger partial charge in [-0.15, -0.1) is 0 Å². The van der Waals surface area contributed by atoms with E-state index in [1.165, 1.54) is 10.8 Å². The average molecular weight is 717 g/mol. The molecule has 3 heterocycles. The number of hydrogen-bond acceptors (Lipinski definition) is 3.